The van der Waals surface area contributed by atoms with Gasteiger partial charge in [-0.2, -0.15) is 11.8 Å². The summed E-state index contributed by atoms with van der Waals surface area (Å²) in [4.78, 5) is 40.4. The first-order valence-corrected chi connectivity index (χ1v) is 12.3. The molecule has 0 bridgehead atoms. The summed E-state index contributed by atoms with van der Waals surface area (Å²) in [5.74, 6) is 0.0709. The average molecular weight is 466 g/mol. The molecule has 0 heterocycles. The number of hydrogen-bond donors (Lipinski definition) is 2. The molecule has 2 atom stereocenters. The van der Waals surface area contributed by atoms with Crippen LogP contribution in [0.1, 0.15) is 63.8 Å². The Morgan fingerprint density at radius 1 is 1.06 bits per heavy atom. The SMILES string of the molecule is CSCCC(NC(=O)OC(C)(C)C)C(=O)N(C)C(C(=O)NC(C)C)c1cc(C)cc(C)c1. The summed E-state index contributed by atoms with van der Waals surface area (Å²) >= 11 is 1.58. The Bertz CT molecular complexity index is 785. The molecule has 2 unspecified atom stereocenters. The molecule has 0 saturated heterocycles. The van der Waals surface area contributed by atoms with Gasteiger partial charge in [0, 0.05) is 13.1 Å². The van der Waals surface area contributed by atoms with Crippen molar-refractivity contribution in [3.05, 3.63) is 34.9 Å². The number of likely N-dealkylation sites (N-methyl/N-ethyl adjacent to an activating group) is 1. The van der Waals surface area contributed by atoms with E-state index in [1.807, 2.05) is 52.1 Å². The van der Waals surface area contributed by atoms with Crippen LogP contribution < -0.4 is 10.6 Å². The van der Waals surface area contributed by atoms with Gasteiger partial charge in [-0.3, -0.25) is 9.59 Å². The van der Waals surface area contributed by atoms with Crippen LogP contribution in [0.5, 0.6) is 0 Å². The third kappa shape index (κ3) is 9.10. The van der Waals surface area contributed by atoms with Gasteiger partial charge in [0.25, 0.3) is 0 Å². The summed E-state index contributed by atoms with van der Waals surface area (Å²) in [6.45, 7) is 13.0. The predicted octanol–water partition coefficient (Wildman–Crippen LogP) is 3.97. The van der Waals surface area contributed by atoms with Crippen molar-refractivity contribution in [1.82, 2.24) is 15.5 Å². The molecule has 8 heteroatoms. The second-order valence-corrected chi connectivity index (χ2v) is 10.4. The van der Waals surface area contributed by atoms with Gasteiger partial charge in [0.05, 0.1) is 0 Å². The maximum absolute atomic E-state index is 13.5. The van der Waals surface area contributed by atoms with E-state index in [0.29, 0.717) is 12.2 Å². The highest BCUT2D eigenvalue weighted by Crippen LogP contribution is 2.24. The van der Waals surface area contributed by atoms with E-state index in [0.717, 1.165) is 16.7 Å². The molecule has 1 aromatic carbocycles. The van der Waals surface area contributed by atoms with Crippen molar-refractivity contribution in [2.24, 2.45) is 0 Å². The molecule has 0 aliphatic heterocycles. The van der Waals surface area contributed by atoms with E-state index in [-0.39, 0.29) is 17.9 Å². The maximum atomic E-state index is 13.5. The first-order chi connectivity index (χ1) is 14.7. The molecule has 180 valence electrons. The second kappa shape index (κ2) is 12.1. The normalized spacial score (nSPS) is 13.3. The molecule has 0 aromatic heterocycles. The number of thioether (sulfide) groups is 1. The molecular weight excluding hydrogens is 426 g/mol. The number of carbonyl (C=O) groups excluding carboxylic acids is 3. The number of nitrogens with one attached hydrogen (secondary N) is 2. The topological polar surface area (TPSA) is 87.7 Å². The van der Waals surface area contributed by atoms with Crippen LogP contribution in [-0.4, -0.2) is 59.5 Å². The van der Waals surface area contributed by atoms with E-state index in [1.54, 1.807) is 39.6 Å². The van der Waals surface area contributed by atoms with Crippen LogP contribution in [0.25, 0.3) is 0 Å². The highest BCUT2D eigenvalue weighted by molar-refractivity contribution is 7.98. The summed E-state index contributed by atoms with van der Waals surface area (Å²) in [5.41, 5.74) is 2.07. The van der Waals surface area contributed by atoms with Crippen LogP contribution in [-0.2, 0) is 14.3 Å². The van der Waals surface area contributed by atoms with E-state index in [2.05, 4.69) is 10.6 Å². The van der Waals surface area contributed by atoms with Crippen LogP contribution in [0.15, 0.2) is 18.2 Å². The minimum atomic E-state index is -0.819. The maximum Gasteiger partial charge on any atom is 0.408 e. The summed E-state index contributed by atoms with van der Waals surface area (Å²) in [5, 5.41) is 5.62. The number of hydrogen-bond acceptors (Lipinski definition) is 5. The largest absolute Gasteiger partial charge is 0.444 e. The predicted molar refractivity (Wildman–Crippen MR) is 131 cm³/mol. The molecular formula is C24H39N3O4S. The fourth-order valence-electron chi connectivity index (χ4n) is 3.40. The Labute approximate surface area is 197 Å². The van der Waals surface area contributed by atoms with Crippen molar-refractivity contribution < 1.29 is 19.1 Å². The standard InChI is InChI=1S/C24H39N3O4S/c1-15(2)25-21(28)20(18-13-16(3)12-17(4)14-18)27(8)22(29)19(10-11-32-9)26-23(30)31-24(5,6)7/h12-15,19-20H,10-11H2,1-9H3,(H,25,28)(H,26,30). The minimum Gasteiger partial charge on any atom is -0.444 e. The molecule has 7 nitrogen and oxygen atoms in total. The Hall–Kier alpha value is -2.22. The van der Waals surface area contributed by atoms with E-state index in [9.17, 15) is 14.4 Å². The van der Waals surface area contributed by atoms with Crippen LogP contribution in [0.2, 0.25) is 0 Å². The number of aryl methyl sites for hydroxylation is 2. The van der Waals surface area contributed by atoms with E-state index in [1.165, 1.54) is 4.90 Å². The molecule has 0 aliphatic rings. The molecule has 3 amide bonds. The van der Waals surface area contributed by atoms with Crippen LogP contribution in [0, 0.1) is 13.8 Å². The van der Waals surface area contributed by atoms with Crippen molar-refractivity contribution in [1.29, 1.82) is 0 Å². The number of carbonyl (C=O) groups is 3. The highest BCUT2D eigenvalue weighted by Gasteiger charge is 2.34. The Morgan fingerprint density at radius 3 is 2.09 bits per heavy atom. The number of nitrogens with zero attached hydrogens (tertiary/aromatic N) is 1. The third-order valence-corrected chi connectivity index (χ3v) is 5.22. The molecule has 0 spiro atoms. The third-order valence-electron chi connectivity index (χ3n) is 4.57. The molecule has 2 N–H and O–H groups in total. The van der Waals surface area contributed by atoms with Gasteiger partial charge in [-0.15, -0.1) is 0 Å². The monoisotopic (exact) mass is 465 g/mol. The van der Waals surface area contributed by atoms with Gasteiger partial charge in [-0.1, -0.05) is 29.3 Å². The minimum absolute atomic E-state index is 0.0772. The number of amides is 3. The fraction of sp³-hybridized carbons (Fsp3) is 0.625. The first kappa shape index (κ1) is 27.8. The van der Waals surface area contributed by atoms with Crippen molar-refractivity contribution in [3.8, 4) is 0 Å². The van der Waals surface area contributed by atoms with Crippen molar-refractivity contribution >= 4 is 29.7 Å². The van der Waals surface area contributed by atoms with Crippen LogP contribution in [0.3, 0.4) is 0 Å². The summed E-state index contributed by atoms with van der Waals surface area (Å²) in [6.07, 6.45) is 1.71. The lowest BCUT2D eigenvalue weighted by Crippen LogP contribution is -2.52. The molecule has 0 saturated carbocycles. The fourth-order valence-corrected chi connectivity index (χ4v) is 3.87. The van der Waals surface area contributed by atoms with Gasteiger partial charge in [0.2, 0.25) is 11.8 Å². The van der Waals surface area contributed by atoms with Gasteiger partial charge in [-0.25, -0.2) is 4.79 Å². The number of alkyl carbamates (subject to hydrolysis) is 1. The number of benzene rings is 1. The molecule has 0 fully saturated rings. The average Bonchev–Trinajstić information content (AvgIpc) is 2.61. The molecule has 0 aliphatic carbocycles. The summed E-state index contributed by atoms with van der Waals surface area (Å²) in [7, 11) is 1.60. The lowest BCUT2D eigenvalue weighted by molar-refractivity contribution is -0.141. The molecule has 1 aromatic rings. The summed E-state index contributed by atoms with van der Waals surface area (Å²) in [6, 6.07) is 4.16. The molecule has 32 heavy (non-hydrogen) atoms. The summed E-state index contributed by atoms with van der Waals surface area (Å²) < 4.78 is 5.35. The van der Waals surface area contributed by atoms with Crippen molar-refractivity contribution in [3.63, 3.8) is 0 Å². The van der Waals surface area contributed by atoms with Gasteiger partial charge in [0.15, 0.2) is 0 Å². The number of rotatable bonds is 9. The highest BCUT2D eigenvalue weighted by atomic mass is 32.2. The van der Waals surface area contributed by atoms with E-state index in [4.69, 9.17) is 4.74 Å². The van der Waals surface area contributed by atoms with Gasteiger partial charge < -0.3 is 20.3 Å². The molecule has 1 rings (SSSR count). The lowest BCUT2D eigenvalue weighted by atomic mass is 9.98. The van der Waals surface area contributed by atoms with Gasteiger partial charge in [-0.05, 0) is 72.5 Å². The van der Waals surface area contributed by atoms with Crippen molar-refractivity contribution in [2.75, 3.05) is 19.1 Å². The van der Waals surface area contributed by atoms with E-state index < -0.39 is 23.8 Å². The Kier molecular flexibility index (Phi) is 10.5. The first-order valence-electron chi connectivity index (χ1n) is 10.9. The Morgan fingerprint density at radius 2 is 1.62 bits per heavy atom. The quantitative estimate of drug-likeness (QED) is 0.576. The van der Waals surface area contributed by atoms with Crippen LogP contribution in [0.4, 0.5) is 4.79 Å². The van der Waals surface area contributed by atoms with Gasteiger partial charge >= 0.3 is 6.09 Å². The Balaban J connectivity index is 3.27. The van der Waals surface area contributed by atoms with Gasteiger partial charge in [0.1, 0.15) is 17.7 Å². The van der Waals surface area contributed by atoms with E-state index >= 15 is 0 Å². The second-order valence-electron chi connectivity index (χ2n) is 9.42. The zero-order valence-electron chi connectivity index (χ0n) is 20.9. The zero-order chi connectivity index (χ0) is 24.6. The van der Waals surface area contributed by atoms with Crippen molar-refractivity contribution in [2.45, 2.75) is 78.6 Å². The smallest absolute Gasteiger partial charge is 0.408 e. The molecule has 0 radical (unpaired) electrons. The lowest BCUT2D eigenvalue weighted by Gasteiger charge is -2.32. The zero-order valence-corrected chi connectivity index (χ0v) is 21.7. The van der Waals surface area contributed by atoms with Crippen LogP contribution >= 0.6 is 11.8 Å². The number of ether oxygens (including phenoxy) is 1.